The van der Waals surface area contributed by atoms with E-state index in [1.807, 2.05) is 0 Å². The highest BCUT2D eigenvalue weighted by molar-refractivity contribution is 5.96. The lowest BCUT2D eigenvalue weighted by molar-refractivity contribution is -0.905. The molecule has 2 aliphatic carbocycles. The van der Waals surface area contributed by atoms with Gasteiger partial charge >= 0.3 is 0 Å². The largest absolute Gasteiger partial charge is 0.350 e. The Bertz CT molecular complexity index is 1010. The van der Waals surface area contributed by atoms with Crippen LogP contribution in [0.15, 0.2) is 59.7 Å². The number of guanidine groups is 1. The molecular formula is C25H29N4+. The zero-order valence-corrected chi connectivity index (χ0v) is 17.0. The van der Waals surface area contributed by atoms with Crippen LogP contribution in [-0.4, -0.2) is 30.2 Å². The highest BCUT2D eigenvalue weighted by atomic mass is 15.8. The van der Waals surface area contributed by atoms with Crippen LogP contribution in [0.5, 0.6) is 0 Å². The van der Waals surface area contributed by atoms with E-state index < -0.39 is 0 Å². The Morgan fingerprint density at radius 1 is 1.00 bits per heavy atom. The molecular weight excluding hydrogens is 356 g/mol. The van der Waals surface area contributed by atoms with Crippen LogP contribution in [0.25, 0.3) is 0 Å². The lowest BCUT2D eigenvalue weighted by Crippen LogP contribution is -2.62. The highest BCUT2D eigenvalue weighted by Gasteiger charge is 2.50. The van der Waals surface area contributed by atoms with Crippen molar-refractivity contribution in [1.29, 1.82) is 0 Å². The van der Waals surface area contributed by atoms with Gasteiger partial charge in [0.2, 0.25) is 5.96 Å². The van der Waals surface area contributed by atoms with Crippen molar-refractivity contribution in [2.24, 2.45) is 4.99 Å². The summed E-state index contributed by atoms with van der Waals surface area (Å²) in [6.07, 6.45) is 12.0. The minimum atomic E-state index is 0.451. The number of nitrogens with zero attached hydrogens (tertiary/aromatic N) is 3. The van der Waals surface area contributed by atoms with Gasteiger partial charge in [-0.1, -0.05) is 36.4 Å². The van der Waals surface area contributed by atoms with Crippen LogP contribution in [-0.2, 0) is 19.3 Å². The lowest BCUT2D eigenvalue weighted by atomic mass is 10.1. The van der Waals surface area contributed by atoms with Gasteiger partial charge in [0.05, 0.1) is 6.54 Å². The molecule has 148 valence electrons. The maximum absolute atomic E-state index is 4.94. The van der Waals surface area contributed by atoms with E-state index in [1.54, 1.807) is 0 Å². The summed E-state index contributed by atoms with van der Waals surface area (Å²) in [6.45, 7) is 2.90. The molecule has 0 radical (unpaired) electrons. The zero-order chi connectivity index (χ0) is 19.3. The van der Waals surface area contributed by atoms with E-state index in [1.165, 1.54) is 60.0 Å². The summed E-state index contributed by atoms with van der Waals surface area (Å²) in [4.78, 5) is 4.94. The van der Waals surface area contributed by atoms with E-state index in [4.69, 9.17) is 4.99 Å². The predicted molar refractivity (Wildman–Crippen MR) is 118 cm³/mol. The van der Waals surface area contributed by atoms with Crippen molar-refractivity contribution in [3.63, 3.8) is 0 Å². The van der Waals surface area contributed by atoms with Gasteiger partial charge in [0.1, 0.15) is 24.5 Å². The maximum Gasteiger partial charge on any atom is 0.247 e. The fraction of sp³-hybridized carbons (Fsp3) is 0.400. The van der Waals surface area contributed by atoms with Crippen LogP contribution in [0, 0.1) is 0 Å². The van der Waals surface area contributed by atoms with E-state index in [9.17, 15) is 0 Å². The number of fused-ring (bicyclic) bond motifs is 2. The molecule has 29 heavy (non-hydrogen) atoms. The number of quaternary nitrogens is 1. The van der Waals surface area contributed by atoms with Crippen molar-refractivity contribution >= 4 is 11.6 Å². The second-order valence-corrected chi connectivity index (χ2v) is 8.75. The number of hydrogen-bond acceptors (Lipinski definition) is 3. The molecule has 0 aromatic heterocycles. The van der Waals surface area contributed by atoms with Gasteiger partial charge in [-0.15, -0.1) is 0 Å². The number of hydrogen-bond donors (Lipinski definition) is 1. The average Bonchev–Trinajstić information content (AvgIpc) is 3.54. The van der Waals surface area contributed by atoms with Crippen molar-refractivity contribution in [2.75, 3.05) is 24.6 Å². The number of aryl methyl sites for hydroxylation is 2. The molecule has 4 heteroatoms. The maximum atomic E-state index is 4.94. The van der Waals surface area contributed by atoms with E-state index in [0.29, 0.717) is 6.04 Å². The first kappa shape index (κ1) is 17.3. The van der Waals surface area contributed by atoms with E-state index >= 15 is 0 Å². The van der Waals surface area contributed by atoms with Gasteiger partial charge in [-0.2, -0.15) is 9.60 Å². The minimum Gasteiger partial charge on any atom is -0.350 e. The molecule has 0 amide bonds. The molecule has 2 atom stereocenters. The number of benzene rings is 2. The standard InChI is InChI=1S/C25H29N4/c1-2-10-22-20(7-1)13-14-24(22)29(17-3-4-18-29)28(25-26-15-16-27-25)23-12-6-9-19-8-5-11-21(19)23/h1-3,6-7,9-10,12,17,24H,4-5,8,11,13-16,18H2,(H,26,27)/q+1. The molecule has 1 N–H and O–H groups in total. The fourth-order valence-electron chi connectivity index (χ4n) is 5.99. The first-order chi connectivity index (χ1) is 14.4. The van der Waals surface area contributed by atoms with Crippen LogP contribution in [0.3, 0.4) is 0 Å². The van der Waals surface area contributed by atoms with Crippen molar-refractivity contribution < 1.29 is 4.59 Å². The summed E-state index contributed by atoms with van der Waals surface area (Å²) in [7, 11) is 0. The van der Waals surface area contributed by atoms with Gasteiger partial charge in [0.25, 0.3) is 0 Å². The van der Waals surface area contributed by atoms with Gasteiger partial charge < -0.3 is 5.32 Å². The quantitative estimate of drug-likeness (QED) is 0.799. The predicted octanol–water partition coefficient (Wildman–Crippen LogP) is 4.28. The molecule has 2 aromatic carbocycles. The molecule has 4 aliphatic rings. The average molecular weight is 386 g/mol. The number of aliphatic imine (C=N–C) groups is 1. The zero-order valence-electron chi connectivity index (χ0n) is 17.0. The Labute approximate surface area is 173 Å². The molecule has 0 saturated carbocycles. The summed E-state index contributed by atoms with van der Waals surface area (Å²) in [5.41, 5.74) is 7.47. The summed E-state index contributed by atoms with van der Waals surface area (Å²) in [5.74, 6) is 1.06. The Balaban J connectivity index is 1.54. The minimum absolute atomic E-state index is 0.451. The lowest BCUT2D eigenvalue weighted by Gasteiger charge is -2.46. The second kappa shape index (κ2) is 6.74. The van der Waals surface area contributed by atoms with Gasteiger partial charge in [-0.05, 0) is 54.5 Å². The summed E-state index contributed by atoms with van der Waals surface area (Å²) < 4.78 is 0.847. The third-order valence-corrected chi connectivity index (χ3v) is 7.24. The monoisotopic (exact) mass is 385 g/mol. The highest BCUT2D eigenvalue weighted by Crippen LogP contribution is 2.47. The normalized spacial score (nSPS) is 26.9. The third kappa shape index (κ3) is 2.58. The first-order valence-corrected chi connectivity index (χ1v) is 11.2. The Morgan fingerprint density at radius 3 is 2.79 bits per heavy atom. The molecule has 4 nitrogen and oxygen atoms in total. The van der Waals surface area contributed by atoms with Gasteiger partial charge in [-0.25, -0.2) is 4.99 Å². The van der Waals surface area contributed by atoms with Crippen LogP contribution < -0.4 is 10.3 Å². The Kier molecular flexibility index (Phi) is 4.01. The number of rotatable bonds is 3. The fourth-order valence-corrected chi connectivity index (χ4v) is 5.99. The van der Waals surface area contributed by atoms with Gasteiger partial charge in [0.15, 0.2) is 0 Å². The molecule has 6 rings (SSSR count). The second-order valence-electron chi connectivity index (χ2n) is 8.75. The van der Waals surface area contributed by atoms with Gasteiger partial charge in [0, 0.05) is 24.9 Å². The van der Waals surface area contributed by atoms with Crippen molar-refractivity contribution in [2.45, 2.75) is 44.6 Å². The summed E-state index contributed by atoms with van der Waals surface area (Å²) in [6, 6.07) is 16.4. The van der Waals surface area contributed by atoms with Gasteiger partial charge in [-0.3, -0.25) is 0 Å². The molecule has 2 unspecified atom stereocenters. The summed E-state index contributed by atoms with van der Waals surface area (Å²) >= 11 is 0. The van der Waals surface area contributed by atoms with Crippen LogP contribution in [0.2, 0.25) is 0 Å². The van der Waals surface area contributed by atoms with E-state index in [0.717, 1.165) is 36.6 Å². The first-order valence-electron chi connectivity index (χ1n) is 11.2. The Morgan fingerprint density at radius 2 is 1.93 bits per heavy atom. The van der Waals surface area contributed by atoms with Crippen molar-refractivity contribution in [3.05, 3.63) is 77.0 Å². The number of anilines is 1. The Hall–Kier alpha value is -2.59. The third-order valence-electron chi connectivity index (χ3n) is 7.24. The molecule has 0 saturated heterocycles. The van der Waals surface area contributed by atoms with E-state index in [2.05, 4.69) is 65.1 Å². The van der Waals surface area contributed by atoms with Crippen LogP contribution in [0.1, 0.15) is 47.6 Å². The molecule has 2 heterocycles. The smallest absolute Gasteiger partial charge is 0.247 e. The summed E-state index contributed by atoms with van der Waals surface area (Å²) in [5, 5.41) is 6.18. The molecule has 2 aromatic rings. The topological polar surface area (TPSA) is 27.6 Å². The molecule has 0 fully saturated rings. The SMILES string of the molecule is C1=C[N+](C2CCc3ccccc32)(N(C2=NCCN2)c2cccc3c2CCC3)CC1. The van der Waals surface area contributed by atoms with Crippen LogP contribution >= 0.6 is 0 Å². The van der Waals surface area contributed by atoms with Crippen molar-refractivity contribution in [1.82, 2.24) is 5.32 Å². The van der Waals surface area contributed by atoms with Crippen LogP contribution in [0.4, 0.5) is 5.69 Å². The van der Waals surface area contributed by atoms with Crippen molar-refractivity contribution in [3.8, 4) is 0 Å². The van der Waals surface area contributed by atoms with E-state index in [-0.39, 0.29) is 0 Å². The molecule has 2 aliphatic heterocycles. The molecule has 0 bridgehead atoms. The number of nitrogens with one attached hydrogen (secondary N) is 1. The molecule has 0 spiro atoms.